The van der Waals surface area contributed by atoms with Crippen LogP contribution in [0.4, 0.5) is 0 Å². The van der Waals surface area contributed by atoms with Crippen molar-refractivity contribution in [3.63, 3.8) is 0 Å². The van der Waals surface area contributed by atoms with E-state index in [9.17, 15) is 14.4 Å². The quantitative estimate of drug-likeness (QED) is 0.539. The van der Waals surface area contributed by atoms with Gasteiger partial charge < -0.3 is 24.4 Å². The molecule has 210 valence electrons. The normalized spacial score (nSPS) is 19.6. The number of hydrogen-bond donors (Lipinski definition) is 1. The Morgan fingerprint density at radius 1 is 1.13 bits per heavy atom. The molecule has 1 aromatic heterocycles. The molecule has 2 aromatic rings. The number of amides is 2. The number of carbonyl (C=O) groups is 3. The number of hydrogen-bond acceptors (Lipinski definition) is 7. The molecule has 1 unspecified atom stereocenters. The van der Waals surface area contributed by atoms with E-state index >= 15 is 0 Å². The van der Waals surface area contributed by atoms with E-state index in [0.717, 1.165) is 30.7 Å². The number of aryl methyl sites for hydroxylation is 1. The molecule has 0 aliphatic carbocycles. The molecule has 10 nitrogen and oxygen atoms in total. The van der Waals surface area contributed by atoms with Crippen LogP contribution in [-0.2, 0) is 33.6 Å². The molecule has 1 N–H and O–H groups in total. The molecule has 2 fully saturated rings. The lowest BCUT2D eigenvalue weighted by molar-refractivity contribution is 0.0151. The number of ether oxygens (including phenoxy) is 3. The lowest BCUT2D eigenvalue weighted by Gasteiger charge is -2.36. The van der Waals surface area contributed by atoms with Gasteiger partial charge in [0.05, 0.1) is 42.3 Å². The Balaban J connectivity index is 1.25. The second kappa shape index (κ2) is 11.9. The van der Waals surface area contributed by atoms with Crippen LogP contribution in [0.15, 0.2) is 24.3 Å². The van der Waals surface area contributed by atoms with Crippen molar-refractivity contribution in [3.05, 3.63) is 52.3 Å². The highest BCUT2D eigenvalue weighted by molar-refractivity contribution is 5.98. The standard InChI is InChI=1S/C29H38N4O6/c1-3-23-25-24(16-29(19-30-26(25)34)7-11-37-12-8-29)33(31-23)17-20(2)18-39-28(36)22-6-4-5-21(15-22)27(35)32-9-13-38-14-10-32/h4-6,15,20H,3,7-14,16-19H2,1-2H3,(H,30,34). The van der Waals surface area contributed by atoms with Crippen LogP contribution >= 0.6 is 0 Å². The Morgan fingerprint density at radius 3 is 2.59 bits per heavy atom. The number of morpholine rings is 1. The predicted molar refractivity (Wildman–Crippen MR) is 143 cm³/mol. The number of nitrogens with one attached hydrogen (secondary N) is 1. The van der Waals surface area contributed by atoms with E-state index in [1.165, 1.54) is 0 Å². The van der Waals surface area contributed by atoms with Crippen LogP contribution in [0.5, 0.6) is 0 Å². The van der Waals surface area contributed by atoms with Crippen LogP contribution in [0.2, 0.25) is 0 Å². The third-order valence-corrected chi connectivity index (χ3v) is 8.04. The Bertz CT molecular complexity index is 1210. The Morgan fingerprint density at radius 2 is 1.85 bits per heavy atom. The van der Waals surface area contributed by atoms with Gasteiger partial charge in [0.15, 0.2) is 0 Å². The number of carbonyl (C=O) groups excluding carboxylic acids is 3. The molecule has 1 spiro atoms. The van der Waals surface area contributed by atoms with Crippen LogP contribution in [0.1, 0.15) is 69.2 Å². The summed E-state index contributed by atoms with van der Waals surface area (Å²) in [5.41, 5.74) is 3.26. The first-order chi connectivity index (χ1) is 18.9. The molecule has 10 heteroatoms. The number of nitrogens with zero attached hydrogens (tertiary/aromatic N) is 3. The fourth-order valence-electron chi connectivity index (χ4n) is 5.70. The summed E-state index contributed by atoms with van der Waals surface area (Å²) in [6.45, 7) is 8.91. The smallest absolute Gasteiger partial charge is 0.338 e. The number of benzene rings is 1. The second-order valence-electron chi connectivity index (χ2n) is 11.0. The van der Waals surface area contributed by atoms with Gasteiger partial charge in [-0.1, -0.05) is 19.9 Å². The van der Waals surface area contributed by atoms with Crippen molar-refractivity contribution in [1.82, 2.24) is 20.0 Å². The summed E-state index contributed by atoms with van der Waals surface area (Å²) < 4.78 is 18.5. The van der Waals surface area contributed by atoms with Crippen LogP contribution in [0.25, 0.3) is 0 Å². The monoisotopic (exact) mass is 538 g/mol. The molecule has 1 atom stereocenters. The van der Waals surface area contributed by atoms with E-state index in [0.29, 0.717) is 75.7 Å². The maximum Gasteiger partial charge on any atom is 0.338 e. The van der Waals surface area contributed by atoms with Gasteiger partial charge in [0.2, 0.25) is 0 Å². The Hall–Kier alpha value is -3.24. The van der Waals surface area contributed by atoms with Gasteiger partial charge in [0.1, 0.15) is 0 Å². The molecule has 2 amide bonds. The minimum absolute atomic E-state index is 0.0265. The predicted octanol–water partition coefficient (Wildman–Crippen LogP) is 2.49. The van der Waals surface area contributed by atoms with E-state index in [1.807, 2.05) is 18.5 Å². The molecular formula is C29H38N4O6. The van der Waals surface area contributed by atoms with E-state index < -0.39 is 5.97 Å². The van der Waals surface area contributed by atoms with Gasteiger partial charge in [-0.05, 0) is 49.3 Å². The van der Waals surface area contributed by atoms with Crippen LogP contribution in [0.3, 0.4) is 0 Å². The van der Waals surface area contributed by atoms with Gasteiger partial charge in [0.25, 0.3) is 11.8 Å². The molecule has 5 rings (SSSR count). The highest BCUT2D eigenvalue weighted by atomic mass is 16.5. The Labute approximate surface area is 229 Å². The van der Waals surface area contributed by atoms with Gasteiger partial charge in [-0.15, -0.1) is 0 Å². The fraction of sp³-hybridized carbons (Fsp3) is 0.586. The van der Waals surface area contributed by atoms with Crippen molar-refractivity contribution < 1.29 is 28.6 Å². The highest BCUT2D eigenvalue weighted by Gasteiger charge is 2.39. The zero-order chi connectivity index (χ0) is 27.4. The van der Waals surface area contributed by atoms with Crippen molar-refractivity contribution in [1.29, 1.82) is 0 Å². The van der Waals surface area contributed by atoms with Gasteiger partial charge in [-0.25, -0.2) is 4.79 Å². The first kappa shape index (κ1) is 27.3. The summed E-state index contributed by atoms with van der Waals surface area (Å²) in [5, 5.41) is 7.96. The molecule has 2 saturated heterocycles. The van der Waals surface area contributed by atoms with Crippen molar-refractivity contribution >= 4 is 17.8 Å². The Kier molecular flexibility index (Phi) is 8.32. The zero-order valence-corrected chi connectivity index (χ0v) is 22.9. The maximum atomic E-state index is 13.1. The van der Waals surface area contributed by atoms with Crippen molar-refractivity contribution in [2.75, 3.05) is 52.7 Å². The average Bonchev–Trinajstić information content (AvgIpc) is 3.24. The summed E-state index contributed by atoms with van der Waals surface area (Å²) in [6.07, 6.45) is 3.24. The van der Waals surface area contributed by atoms with Gasteiger partial charge in [-0.2, -0.15) is 5.10 Å². The minimum atomic E-state index is -0.465. The third kappa shape index (κ3) is 6.01. The van der Waals surface area contributed by atoms with E-state index in [2.05, 4.69) is 5.32 Å². The largest absolute Gasteiger partial charge is 0.462 e. The first-order valence-corrected chi connectivity index (χ1v) is 14.0. The molecule has 3 aliphatic heterocycles. The average molecular weight is 539 g/mol. The summed E-state index contributed by atoms with van der Waals surface area (Å²) in [7, 11) is 0. The first-order valence-electron chi connectivity index (χ1n) is 14.0. The topological polar surface area (TPSA) is 112 Å². The number of fused-ring (bicyclic) bond motifs is 1. The summed E-state index contributed by atoms with van der Waals surface area (Å²) >= 11 is 0. The molecule has 0 radical (unpaired) electrons. The number of rotatable bonds is 7. The SMILES string of the molecule is CCc1nn(CC(C)COC(=O)c2cccc(C(=O)N3CCOCC3)c2)c2c1C(=O)NCC1(CCOCC1)C2. The molecule has 4 heterocycles. The molecule has 3 aliphatic rings. The molecular weight excluding hydrogens is 500 g/mol. The summed E-state index contributed by atoms with van der Waals surface area (Å²) in [5.74, 6) is -0.661. The fourth-order valence-corrected chi connectivity index (χ4v) is 5.70. The van der Waals surface area contributed by atoms with Crippen molar-refractivity contribution in [3.8, 4) is 0 Å². The number of esters is 1. The zero-order valence-electron chi connectivity index (χ0n) is 22.9. The van der Waals surface area contributed by atoms with E-state index in [1.54, 1.807) is 29.2 Å². The molecule has 0 saturated carbocycles. The maximum absolute atomic E-state index is 13.1. The van der Waals surface area contributed by atoms with Crippen LogP contribution in [-0.4, -0.2) is 85.1 Å². The van der Waals surface area contributed by atoms with Gasteiger partial charge in [-0.3, -0.25) is 14.3 Å². The highest BCUT2D eigenvalue weighted by Crippen LogP contribution is 2.37. The molecule has 1 aromatic carbocycles. The lowest BCUT2D eigenvalue weighted by atomic mass is 9.76. The summed E-state index contributed by atoms with van der Waals surface area (Å²) in [6, 6.07) is 6.68. The van der Waals surface area contributed by atoms with Gasteiger partial charge in [0, 0.05) is 50.9 Å². The van der Waals surface area contributed by atoms with Crippen LogP contribution in [0, 0.1) is 11.3 Å². The van der Waals surface area contributed by atoms with Crippen LogP contribution < -0.4 is 5.32 Å². The van der Waals surface area contributed by atoms with Gasteiger partial charge >= 0.3 is 5.97 Å². The van der Waals surface area contributed by atoms with E-state index in [4.69, 9.17) is 19.3 Å². The second-order valence-corrected chi connectivity index (χ2v) is 11.0. The molecule has 39 heavy (non-hydrogen) atoms. The number of aromatic nitrogens is 2. The minimum Gasteiger partial charge on any atom is -0.462 e. The summed E-state index contributed by atoms with van der Waals surface area (Å²) in [4.78, 5) is 40.5. The third-order valence-electron chi connectivity index (χ3n) is 8.04. The molecule has 0 bridgehead atoms. The lowest BCUT2D eigenvalue weighted by Crippen LogP contribution is -2.41. The van der Waals surface area contributed by atoms with Crippen molar-refractivity contribution in [2.24, 2.45) is 11.3 Å². The van der Waals surface area contributed by atoms with Crippen molar-refractivity contribution in [2.45, 2.75) is 46.1 Å². The van der Waals surface area contributed by atoms with E-state index in [-0.39, 0.29) is 29.8 Å².